The molecular weight excluding hydrogens is 418 g/mol. The second-order valence-electron chi connectivity index (χ2n) is 5.97. The number of nitrogens with one attached hydrogen (secondary N) is 1. The summed E-state index contributed by atoms with van der Waals surface area (Å²) < 4.78 is 25.2. The number of carbonyl (C=O) groups is 1. The number of benzene rings is 2. The van der Waals surface area contributed by atoms with Crippen LogP contribution in [0.1, 0.15) is 16.1 Å². The summed E-state index contributed by atoms with van der Waals surface area (Å²) in [6, 6.07) is 13.7. The van der Waals surface area contributed by atoms with E-state index in [9.17, 15) is 9.18 Å². The summed E-state index contributed by atoms with van der Waals surface area (Å²) >= 11 is 12.3. The van der Waals surface area contributed by atoms with Gasteiger partial charge in [0.15, 0.2) is 17.3 Å². The van der Waals surface area contributed by atoms with Gasteiger partial charge in [0.25, 0.3) is 0 Å². The normalized spacial score (nSPS) is 10.5. The van der Waals surface area contributed by atoms with Crippen molar-refractivity contribution >= 4 is 34.9 Å². The monoisotopic (exact) mass is 434 g/mol. The van der Waals surface area contributed by atoms with E-state index in [-0.39, 0.29) is 39.4 Å². The number of pyridine rings is 1. The number of hydrogen-bond acceptors (Lipinski definition) is 5. The van der Waals surface area contributed by atoms with Crippen LogP contribution >= 0.6 is 23.2 Å². The molecule has 3 rings (SSSR count). The largest absolute Gasteiger partial charge is 0.492 e. The minimum Gasteiger partial charge on any atom is -0.492 e. The van der Waals surface area contributed by atoms with Gasteiger partial charge in [-0.05, 0) is 23.8 Å². The molecule has 0 fully saturated rings. The van der Waals surface area contributed by atoms with Crippen LogP contribution in [0.4, 0.5) is 10.1 Å². The van der Waals surface area contributed by atoms with Gasteiger partial charge in [0.05, 0.1) is 28.5 Å². The molecule has 0 aliphatic rings. The van der Waals surface area contributed by atoms with Crippen LogP contribution in [0.2, 0.25) is 10.0 Å². The van der Waals surface area contributed by atoms with E-state index >= 15 is 0 Å². The molecule has 1 N–H and O–H groups in total. The third kappa shape index (κ3) is 4.44. The highest BCUT2D eigenvalue weighted by Crippen LogP contribution is 2.37. The lowest BCUT2D eigenvalue weighted by atomic mass is 10.1. The smallest absolute Gasteiger partial charge is 0.358 e. The molecule has 5 nitrogen and oxygen atoms in total. The number of aromatic nitrogens is 1. The second kappa shape index (κ2) is 9.11. The lowest BCUT2D eigenvalue weighted by molar-refractivity contribution is 0.0466. The average molecular weight is 435 g/mol. The zero-order valence-electron chi connectivity index (χ0n) is 15.6. The van der Waals surface area contributed by atoms with E-state index < -0.39 is 11.8 Å². The van der Waals surface area contributed by atoms with Crippen LogP contribution in [-0.2, 0) is 11.3 Å². The minimum absolute atomic E-state index is 0.0555. The van der Waals surface area contributed by atoms with Crippen LogP contribution in [-0.4, -0.2) is 25.1 Å². The first-order valence-electron chi connectivity index (χ1n) is 8.58. The molecule has 0 spiro atoms. The quantitative estimate of drug-likeness (QED) is 0.511. The van der Waals surface area contributed by atoms with Crippen molar-refractivity contribution in [3.63, 3.8) is 0 Å². The van der Waals surface area contributed by atoms with Crippen molar-refractivity contribution in [2.24, 2.45) is 0 Å². The Labute approximate surface area is 177 Å². The fraction of sp³-hybridized carbons (Fsp3) is 0.143. The molecule has 0 amide bonds. The van der Waals surface area contributed by atoms with Gasteiger partial charge < -0.3 is 14.8 Å². The molecule has 0 saturated heterocycles. The Hall–Kier alpha value is -2.83. The number of rotatable bonds is 6. The number of ether oxygens (including phenoxy) is 2. The first kappa shape index (κ1) is 20.9. The van der Waals surface area contributed by atoms with E-state index in [4.69, 9.17) is 32.7 Å². The molecule has 2 aromatic carbocycles. The van der Waals surface area contributed by atoms with E-state index in [0.717, 1.165) is 5.56 Å². The third-order valence-electron chi connectivity index (χ3n) is 4.16. The molecule has 1 heterocycles. The molecule has 0 bridgehead atoms. The summed E-state index contributed by atoms with van der Waals surface area (Å²) in [7, 11) is 2.94. The number of carbonyl (C=O) groups excluding carboxylic acids is 1. The standard InChI is InChI=1S/C21H17Cl2FN2O3/c1-25-16-10-15(13-8-9-14(22)20(28-2)18(13)24)26-19(17(16)23)21(27)29-11-12-6-4-3-5-7-12/h3-10H,11H2,1-2H3,(H,25,26). The van der Waals surface area contributed by atoms with Gasteiger partial charge in [-0.2, -0.15) is 0 Å². The van der Waals surface area contributed by atoms with E-state index in [2.05, 4.69) is 10.3 Å². The summed E-state index contributed by atoms with van der Waals surface area (Å²) in [6.07, 6.45) is 0. The molecule has 150 valence electrons. The maximum Gasteiger partial charge on any atom is 0.358 e. The van der Waals surface area contributed by atoms with Gasteiger partial charge in [0.1, 0.15) is 6.61 Å². The zero-order chi connectivity index (χ0) is 21.0. The first-order chi connectivity index (χ1) is 14.0. The second-order valence-corrected chi connectivity index (χ2v) is 6.76. The van der Waals surface area contributed by atoms with Crippen molar-refractivity contribution in [3.05, 3.63) is 75.7 Å². The first-order valence-corrected chi connectivity index (χ1v) is 9.33. The number of anilines is 1. The van der Waals surface area contributed by atoms with Crippen LogP contribution in [0.3, 0.4) is 0 Å². The molecule has 3 aromatic rings. The van der Waals surface area contributed by atoms with Crippen molar-refractivity contribution in [1.82, 2.24) is 4.98 Å². The summed E-state index contributed by atoms with van der Waals surface area (Å²) in [5.41, 5.74) is 1.37. The maximum absolute atomic E-state index is 14.8. The van der Waals surface area contributed by atoms with Crippen molar-refractivity contribution in [2.45, 2.75) is 6.61 Å². The summed E-state index contributed by atoms with van der Waals surface area (Å²) in [5, 5.41) is 3.08. The summed E-state index contributed by atoms with van der Waals surface area (Å²) in [5.74, 6) is -1.53. The van der Waals surface area contributed by atoms with Crippen molar-refractivity contribution in [2.75, 3.05) is 19.5 Å². The molecule has 0 aliphatic heterocycles. The SMILES string of the molecule is CNc1cc(-c2ccc(Cl)c(OC)c2F)nc(C(=O)OCc2ccccc2)c1Cl. The molecule has 0 saturated carbocycles. The van der Waals surface area contributed by atoms with Crippen molar-refractivity contribution in [1.29, 1.82) is 0 Å². The van der Waals surface area contributed by atoms with E-state index in [1.165, 1.54) is 25.3 Å². The van der Waals surface area contributed by atoms with Gasteiger partial charge in [-0.25, -0.2) is 14.2 Å². The molecule has 8 heteroatoms. The van der Waals surface area contributed by atoms with Crippen molar-refractivity contribution in [3.8, 4) is 17.0 Å². The Kier molecular flexibility index (Phi) is 6.56. The molecule has 0 atom stereocenters. The fourth-order valence-corrected chi connectivity index (χ4v) is 3.19. The minimum atomic E-state index is -0.724. The molecule has 0 unspecified atom stereocenters. The maximum atomic E-state index is 14.8. The Bertz CT molecular complexity index is 1050. The zero-order valence-corrected chi connectivity index (χ0v) is 17.1. The van der Waals surface area contributed by atoms with Crippen LogP contribution in [0.15, 0.2) is 48.5 Å². The summed E-state index contributed by atoms with van der Waals surface area (Å²) in [4.78, 5) is 16.9. The van der Waals surface area contributed by atoms with Gasteiger partial charge in [-0.1, -0.05) is 53.5 Å². The Balaban J connectivity index is 2.00. The third-order valence-corrected chi connectivity index (χ3v) is 4.84. The van der Waals surface area contributed by atoms with Gasteiger partial charge >= 0.3 is 5.97 Å². The molecule has 1 aromatic heterocycles. The number of halogens is 3. The highest BCUT2D eigenvalue weighted by Gasteiger charge is 2.22. The van der Waals surface area contributed by atoms with Gasteiger partial charge in [0, 0.05) is 12.6 Å². The number of hydrogen-bond donors (Lipinski definition) is 1. The Morgan fingerprint density at radius 1 is 1.17 bits per heavy atom. The fourth-order valence-electron chi connectivity index (χ4n) is 2.69. The highest BCUT2D eigenvalue weighted by atomic mass is 35.5. The van der Waals surface area contributed by atoms with Gasteiger partial charge in [-0.3, -0.25) is 0 Å². The van der Waals surface area contributed by atoms with Crippen LogP contribution < -0.4 is 10.1 Å². The van der Waals surface area contributed by atoms with Crippen LogP contribution in [0.5, 0.6) is 5.75 Å². The predicted octanol–water partition coefficient (Wildman–Crippen LogP) is 5.60. The van der Waals surface area contributed by atoms with Gasteiger partial charge in [-0.15, -0.1) is 0 Å². The summed E-state index contributed by atoms with van der Waals surface area (Å²) in [6.45, 7) is 0.0555. The number of nitrogens with zero attached hydrogens (tertiary/aromatic N) is 1. The van der Waals surface area contributed by atoms with Crippen molar-refractivity contribution < 1.29 is 18.7 Å². The van der Waals surface area contributed by atoms with E-state index in [1.807, 2.05) is 30.3 Å². The lowest BCUT2D eigenvalue weighted by Gasteiger charge is -2.14. The molecule has 0 aliphatic carbocycles. The average Bonchev–Trinajstić information content (AvgIpc) is 2.73. The number of esters is 1. The molecule has 0 radical (unpaired) electrons. The highest BCUT2D eigenvalue weighted by molar-refractivity contribution is 6.36. The van der Waals surface area contributed by atoms with E-state index in [1.54, 1.807) is 7.05 Å². The Morgan fingerprint density at radius 2 is 1.90 bits per heavy atom. The van der Waals surface area contributed by atoms with E-state index in [0.29, 0.717) is 5.69 Å². The topological polar surface area (TPSA) is 60.5 Å². The van der Waals surface area contributed by atoms with Gasteiger partial charge in [0.2, 0.25) is 0 Å². The molecular formula is C21H17Cl2FN2O3. The predicted molar refractivity (Wildman–Crippen MR) is 111 cm³/mol. The lowest BCUT2D eigenvalue weighted by Crippen LogP contribution is -2.10. The number of methoxy groups -OCH3 is 1. The molecule has 29 heavy (non-hydrogen) atoms. The Morgan fingerprint density at radius 3 is 2.55 bits per heavy atom. The van der Waals surface area contributed by atoms with Crippen LogP contribution in [0, 0.1) is 5.82 Å². The van der Waals surface area contributed by atoms with Crippen LogP contribution in [0.25, 0.3) is 11.3 Å².